The smallest absolute Gasteiger partial charge is 0.309 e. The molecule has 11 atom stereocenters. The van der Waals surface area contributed by atoms with Gasteiger partial charge in [-0.15, -0.1) is 0 Å². The highest BCUT2D eigenvalue weighted by Crippen LogP contribution is 2.78. The molecule has 310 valence electrons. The third-order valence-electron chi connectivity index (χ3n) is 18.4. The van der Waals surface area contributed by atoms with Crippen molar-refractivity contribution in [3.8, 4) is 11.3 Å². The maximum Gasteiger partial charge on any atom is 0.309 e. The van der Waals surface area contributed by atoms with Gasteiger partial charge in [0.05, 0.1) is 35.2 Å². The number of nitrogens with one attached hydrogen (secondary N) is 1. The van der Waals surface area contributed by atoms with Gasteiger partial charge < -0.3 is 19.7 Å². The Balaban J connectivity index is 1.06. The lowest BCUT2D eigenvalue weighted by atomic mass is 9.32. The largest absolute Gasteiger partial charge is 0.481 e. The number of aromatic nitrogens is 2. The number of aromatic amines is 1. The van der Waals surface area contributed by atoms with Crippen LogP contribution in [0.4, 0.5) is 0 Å². The van der Waals surface area contributed by atoms with E-state index in [1.54, 1.807) is 13.8 Å². The number of carbonyl (C=O) groups excluding carboxylic acids is 2. The first-order chi connectivity index (χ1) is 26.8. The van der Waals surface area contributed by atoms with E-state index >= 15 is 4.79 Å². The van der Waals surface area contributed by atoms with Crippen LogP contribution in [0.3, 0.4) is 0 Å². The van der Waals surface area contributed by atoms with E-state index in [0.29, 0.717) is 35.5 Å². The van der Waals surface area contributed by atoms with Crippen LogP contribution in [0.15, 0.2) is 48.7 Å². The van der Waals surface area contributed by atoms with Crippen molar-refractivity contribution in [2.24, 2.45) is 62.1 Å². The van der Waals surface area contributed by atoms with Gasteiger partial charge >= 0.3 is 11.9 Å². The van der Waals surface area contributed by atoms with Crippen LogP contribution in [0, 0.1) is 62.1 Å². The van der Waals surface area contributed by atoms with Crippen molar-refractivity contribution in [1.29, 1.82) is 0 Å². The van der Waals surface area contributed by atoms with Crippen molar-refractivity contribution in [2.45, 2.75) is 151 Å². The highest BCUT2D eigenvalue weighted by Gasteiger charge is 2.72. The third kappa shape index (κ3) is 6.01. The molecule has 2 N–H and O–H groups in total. The van der Waals surface area contributed by atoms with Crippen LogP contribution in [-0.4, -0.2) is 50.5 Å². The van der Waals surface area contributed by atoms with E-state index in [-0.39, 0.29) is 45.6 Å². The molecule has 1 saturated heterocycles. The molecule has 8 heteroatoms. The van der Waals surface area contributed by atoms with Crippen LogP contribution in [0.2, 0.25) is 0 Å². The fourth-order valence-corrected chi connectivity index (χ4v) is 15.2. The summed E-state index contributed by atoms with van der Waals surface area (Å²) in [6, 6.07) is 10.3. The van der Waals surface area contributed by atoms with Gasteiger partial charge in [0.15, 0.2) is 0 Å². The van der Waals surface area contributed by atoms with Crippen molar-refractivity contribution in [2.75, 3.05) is 6.54 Å². The number of aliphatic carboxylic acids is 1. The predicted octanol–water partition coefficient (Wildman–Crippen LogP) is 10.8. The molecule has 2 aromatic rings. The van der Waals surface area contributed by atoms with Gasteiger partial charge in [-0.2, -0.15) is 0 Å². The van der Waals surface area contributed by atoms with Crippen molar-refractivity contribution in [3.63, 3.8) is 0 Å². The molecule has 5 saturated carbocycles. The molecule has 6 aliphatic rings. The molecular formula is C49H69N3O5. The van der Waals surface area contributed by atoms with E-state index in [0.717, 1.165) is 94.3 Å². The van der Waals surface area contributed by atoms with Gasteiger partial charge in [0.2, 0.25) is 5.91 Å². The highest BCUT2D eigenvalue weighted by molar-refractivity contribution is 5.85. The second-order valence-corrected chi connectivity index (χ2v) is 21.8. The Kier molecular flexibility index (Phi) is 9.79. The van der Waals surface area contributed by atoms with Gasteiger partial charge in [-0.05, 0) is 149 Å². The minimum absolute atomic E-state index is 0.0212. The number of allylic oxidation sites excluding steroid dienone is 1. The summed E-state index contributed by atoms with van der Waals surface area (Å²) in [4.78, 5) is 51.2. The lowest BCUT2D eigenvalue weighted by Crippen LogP contribution is -2.67. The number of rotatable bonds is 8. The number of likely N-dealkylation sites (tertiary alicyclic amines) is 1. The van der Waals surface area contributed by atoms with E-state index in [9.17, 15) is 14.7 Å². The van der Waals surface area contributed by atoms with Crippen LogP contribution in [0.25, 0.3) is 11.3 Å². The fourth-order valence-electron chi connectivity index (χ4n) is 15.2. The summed E-state index contributed by atoms with van der Waals surface area (Å²) < 4.78 is 6.22. The molecule has 8 nitrogen and oxygen atoms in total. The monoisotopic (exact) mass is 780 g/mol. The highest BCUT2D eigenvalue weighted by atomic mass is 16.5. The minimum atomic E-state index is -1.15. The molecule has 1 aliphatic heterocycles. The molecule has 11 unspecified atom stereocenters. The summed E-state index contributed by atoms with van der Waals surface area (Å²) in [6.07, 6.45) is 13.9. The van der Waals surface area contributed by atoms with Crippen LogP contribution in [-0.2, 0) is 19.1 Å². The minimum Gasteiger partial charge on any atom is -0.481 e. The molecule has 5 aliphatic carbocycles. The second kappa shape index (κ2) is 13.8. The molecule has 0 radical (unpaired) electrons. The number of nitrogens with zero attached hydrogens (tertiary/aromatic N) is 2. The van der Waals surface area contributed by atoms with Crippen molar-refractivity contribution >= 4 is 17.8 Å². The second-order valence-electron chi connectivity index (χ2n) is 21.8. The standard InChI is InChI=1S/C49H69N3O5/c1-30(2)32-19-24-49(42(54)52-27-13-16-35(52)41-50-29-34(51-41)31-14-11-10-12-15-31)26-25-47(8)33(40(32)49)17-18-37-46(7)22-21-38(57-39(53)28-44(3,4)43(55)56)45(5,6)36(46)20-23-48(37,47)9/h10-12,14-15,29,32-33,35-38,40H,1,13,16-28H2,2-9H3,(H,50,51)(H,55,56). The Hall–Kier alpha value is -3.42. The predicted molar refractivity (Wildman–Crippen MR) is 223 cm³/mol. The third-order valence-corrected chi connectivity index (χ3v) is 18.4. The average Bonchev–Trinajstić information content (AvgIpc) is 3.92. The Morgan fingerprint density at radius 1 is 0.912 bits per heavy atom. The van der Waals surface area contributed by atoms with E-state index in [1.807, 2.05) is 12.3 Å². The number of carbonyl (C=O) groups is 3. The molecule has 0 spiro atoms. The first kappa shape index (κ1) is 40.4. The summed E-state index contributed by atoms with van der Waals surface area (Å²) in [6.45, 7) is 23.2. The van der Waals surface area contributed by atoms with E-state index in [2.05, 4.69) is 82.3 Å². The topological polar surface area (TPSA) is 113 Å². The molecular weight excluding hydrogens is 711 g/mol. The maximum atomic E-state index is 15.5. The van der Waals surface area contributed by atoms with Crippen LogP contribution < -0.4 is 0 Å². The molecule has 8 rings (SSSR count). The SMILES string of the molecule is C=C(C)C1CCC2(C(=O)N3CCCC3c3ncc(-c4ccccc4)[nH]3)CCC3(C)C(CCC4C5(C)CCC(OC(=O)CC(C)(C)C(=O)O)C(C)(C)C5CCC43C)C12. The fraction of sp³-hybridized carbons (Fsp3) is 0.714. The zero-order chi connectivity index (χ0) is 40.9. The number of ether oxygens (including phenoxy) is 1. The zero-order valence-electron chi connectivity index (χ0n) is 36.1. The van der Waals surface area contributed by atoms with Crippen LogP contribution >= 0.6 is 0 Å². The first-order valence-electron chi connectivity index (χ1n) is 22.3. The number of carboxylic acid groups (broad SMARTS) is 1. The summed E-state index contributed by atoms with van der Waals surface area (Å²) in [5.74, 6) is 1.96. The molecule has 1 aromatic heterocycles. The zero-order valence-corrected chi connectivity index (χ0v) is 36.1. The number of esters is 1. The molecule has 6 fully saturated rings. The number of hydrogen-bond donors (Lipinski definition) is 2. The van der Waals surface area contributed by atoms with E-state index in [4.69, 9.17) is 9.72 Å². The number of benzene rings is 1. The Labute approximate surface area is 341 Å². The van der Waals surface area contributed by atoms with Crippen molar-refractivity contribution in [3.05, 3.63) is 54.5 Å². The number of imidazole rings is 1. The van der Waals surface area contributed by atoms with Gasteiger partial charge in [0.1, 0.15) is 11.9 Å². The summed E-state index contributed by atoms with van der Waals surface area (Å²) >= 11 is 0. The number of carboxylic acids is 1. The molecule has 2 heterocycles. The lowest BCUT2D eigenvalue weighted by Gasteiger charge is -2.73. The van der Waals surface area contributed by atoms with Crippen LogP contribution in [0.1, 0.15) is 151 Å². The van der Waals surface area contributed by atoms with Crippen LogP contribution in [0.5, 0.6) is 0 Å². The van der Waals surface area contributed by atoms with Gasteiger partial charge in [-0.25, -0.2) is 4.98 Å². The van der Waals surface area contributed by atoms with Crippen molar-refractivity contribution in [1.82, 2.24) is 14.9 Å². The molecule has 0 bridgehead atoms. The quantitative estimate of drug-likeness (QED) is 0.204. The van der Waals surface area contributed by atoms with Gasteiger partial charge in [-0.1, -0.05) is 77.1 Å². The molecule has 1 aromatic carbocycles. The van der Waals surface area contributed by atoms with E-state index < -0.39 is 17.4 Å². The van der Waals surface area contributed by atoms with Crippen molar-refractivity contribution < 1.29 is 24.2 Å². The van der Waals surface area contributed by atoms with Gasteiger partial charge in [0.25, 0.3) is 0 Å². The summed E-state index contributed by atoms with van der Waals surface area (Å²) in [5, 5.41) is 9.66. The summed E-state index contributed by atoms with van der Waals surface area (Å²) in [7, 11) is 0. The van der Waals surface area contributed by atoms with Gasteiger partial charge in [0, 0.05) is 12.0 Å². The number of fused-ring (bicyclic) bond motifs is 7. The normalized spacial score (nSPS) is 39.6. The first-order valence-corrected chi connectivity index (χ1v) is 22.3. The number of amides is 1. The number of H-pyrrole nitrogens is 1. The summed E-state index contributed by atoms with van der Waals surface area (Å²) in [5.41, 5.74) is 1.95. The Morgan fingerprint density at radius 2 is 1.65 bits per heavy atom. The number of hydrogen-bond acceptors (Lipinski definition) is 5. The Bertz CT molecular complexity index is 1920. The van der Waals surface area contributed by atoms with Gasteiger partial charge in [-0.3, -0.25) is 14.4 Å². The van der Waals surface area contributed by atoms with E-state index in [1.165, 1.54) is 12.0 Å². The molecule has 57 heavy (non-hydrogen) atoms. The Morgan fingerprint density at radius 3 is 2.35 bits per heavy atom. The maximum absolute atomic E-state index is 15.5. The lowest BCUT2D eigenvalue weighted by molar-refractivity contribution is -0.250. The molecule has 1 amide bonds. The average molecular weight is 780 g/mol.